The summed E-state index contributed by atoms with van der Waals surface area (Å²) in [4.78, 5) is 14.8. The van der Waals surface area contributed by atoms with Crippen LogP contribution in [0.25, 0.3) is 11.0 Å². The second-order valence-corrected chi connectivity index (χ2v) is 6.88. The van der Waals surface area contributed by atoms with E-state index in [0.29, 0.717) is 12.3 Å². The van der Waals surface area contributed by atoms with Crippen molar-refractivity contribution in [2.24, 2.45) is 0 Å². The molecule has 0 saturated carbocycles. The van der Waals surface area contributed by atoms with Crippen molar-refractivity contribution in [3.63, 3.8) is 0 Å². The minimum atomic E-state index is 0.136. The number of rotatable bonds is 4. The van der Waals surface area contributed by atoms with E-state index in [4.69, 9.17) is 9.15 Å². The summed E-state index contributed by atoms with van der Waals surface area (Å²) in [5.74, 6) is 2.10. The molecule has 0 spiro atoms. The number of carbonyl (C=O) groups is 1. The summed E-state index contributed by atoms with van der Waals surface area (Å²) in [6, 6.07) is 18.0. The average Bonchev–Trinajstić information content (AvgIpc) is 3.10. The number of amides is 1. The Hall–Kier alpha value is -2.75. The first-order valence-electron chi connectivity index (χ1n) is 9.12. The van der Waals surface area contributed by atoms with Gasteiger partial charge < -0.3 is 14.1 Å². The first-order valence-corrected chi connectivity index (χ1v) is 9.12. The number of hydrogen-bond acceptors (Lipinski definition) is 3. The number of furan rings is 1. The number of para-hydroxylation sites is 1. The Bertz CT molecular complexity index is 881. The Morgan fingerprint density at radius 2 is 2.08 bits per heavy atom. The van der Waals surface area contributed by atoms with Crippen LogP contribution in [0.2, 0.25) is 0 Å². The minimum absolute atomic E-state index is 0.136. The molecule has 1 aromatic heterocycles. The molecule has 4 nitrogen and oxygen atoms in total. The maximum Gasteiger partial charge on any atom is 0.230 e. The molecular weight excluding hydrogens is 326 g/mol. The number of methoxy groups -OCH3 is 1. The summed E-state index contributed by atoms with van der Waals surface area (Å²) in [6.45, 7) is 1.58. The van der Waals surface area contributed by atoms with Gasteiger partial charge in [-0.1, -0.05) is 30.3 Å². The topological polar surface area (TPSA) is 42.7 Å². The standard InChI is InChI=1S/C22H23NO3/c1-25-19-9-4-7-16(12-19)18-8-5-11-23(15-18)22(24)14-20-13-17-6-2-3-10-21(17)26-20/h2-4,6-7,9-10,12-13,18H,5,8,11,14-15H2,1H3. The number of nitrogens with zero attached hydrogens (tertiary/aromatic N) is 1. The molecule has 3 aromatic rings. The fourth-order valence-electron chi connectivity index (χ4n) is 3.76. The predicted molar refractivity (Wildman–Crippen MR) is 101 cm³/mol. The molecule has 1 saturated heterocycles. The smallest absolute Gasteiger partial charge is 0.230 e. The van der Waals surface area contributed by atoms with Crippen LogP contribution in [0.15, 0.2) is 59.0 Å². The van der Waals surface area contributed by atoms with Crippen LogP contribution in [0, 0.1) is 0 Å². The van der Waals surface area contributed by atoms with Gasteiger partial charge in [0.1, 0.15) is 17.1 Å². The van der Waals surface area contributed by atoms with Gasteiger partial charge >= 0.3 is 0 Å². The average molecular weight is 349 g/mol. The van der Waals surface area contributed by atoms with Gasteiger partial charge in [0.15, 0.2) is 0 Å². The number of hydrogen-bond donors (Lipinski definition) is 0. The molecule has 0 aliphatic carbocycles. The van der Waals surface area contributed by atoms with Gasteiger partial charge in [-0.05, 0) is 42.7 Å². The lowest BCUT2D eigenvalue weighted by atomic mass is 9.90. The van der Waals surface area contributed by atoms with Gasteiger partial charge in [0.05, 0.1) is 13.5 Å². The van der Waals surface area contributed by atoms with Crippen LogP contribution in [-0.4, -0.2) is 31.0 Å². The van der Waals surface area contributed by atoms with Crippen LogP contribution in [-0.2, 0) is 11.2 Å². The summed E-state index contributed by atoms with van der Waals surface area (Å²) in [6.07, 6.45) is 2.44. The molecule has 1 unspecified atom stereocenters. The molecular formula is C22H23NO3. The summed E-state index contributed by atoms with van der Waals surface area (Å²) >= 11 is 0. The summed E-state index contributed by atoms with van der Waals surface area (Å²) in [7, 11) is 1.68. The van der Waals surface area contributed by atoms with Crippen molar-refractivity contribution < 1.29 is 13.9 Å². The fourth-order valence-corrected chi connectivity index (χ4v) is 3.76. The highest BCUT2D eigenvalue weighted by molar-refractivity contribution is 5.82. The molecule has 2 heterocycles. The van der Waals surface area contributed by atoms with E-state index in [1.165, 1.54) is 5.56 Å². The quantitative estimate of drug-likeness (QED) is 0.701. The maximum atomic E-state index is 12.8. The highest BCUT2D eigenvalue weighted by atomic mass is 16.5. The molecule has 1 amide bonds. The molecule has 4 rings (SSSR count). The highest BCUT2D eigenvalue weighted by Crippen LogP contribution is 2.29. The molecule has 0 bridgehead atoms. The van der Waals surface area contributed by atoms with Crippen molar-refractivity contribution in [3.8, 4) is 5.75 Å². The minimum Gasteiger partial charge on any atom is -0.497 e. The van der Waals surface area contributed by atoms with Crippen molar-refractivity contribution in [2.75, 3.05) is 20.2 Å². The Morgan fingerprint density at radius 3 is 2.92 bits per heavy atom. The number of ether oxygens (including phenoxy) is 1. The predicted octanol–water partition coefficient (Wildman–Crippen LogP) is 4.39. The lowest BCUT2D eigenvalue weighted by Crippen LogP contribution is -2.39. The normalized spacial score (nSPS) is 17.4. The first kappa shape index (κ1) is 16.7. The van der Waals surface area contributed by atoms with Crippen LogP contribution >= 0.6 is 0 Å². The Labute approximate surface area is 153 Å². The maximum absolute atomic E-state index is 12.8. The molecule has 1 aliphatic heterocycles. The second kappa shape index (κ2) is 7.24. The molecule has 1 aliphatic rings. The van der Waals surface area contributed by atoms with E-state index < -0.39 is 0 Å². The second-order valence-electron chi connectivity index (χ2n) is 6.88. The zero-order chi connectivity index (χ0) is 17.9. The van der Waals surface area contributed by atoms with Gasteiger partial charge in [0.2, 0.25) is 5.91 Å². The van der Waals surface area contributed by atoms with E-state index in [0.717, 1.165) is 48.4 Å². The third-order valence-electron chi connectivity index (χ3n) is 5.14. The third kappa shape index (κ3) is 3.45. The fraction of sp³-hybridized carbons (Fsp3) is 0.318. The zero-order valence-electron chi connectivity index (χ0n) is 15.0. The van der Waals surface area contributed by atoms with Gasteiger partial charge in [-0.2, -0.15) is 0 Å². The first-order chi connectivity index (χ1) is 12.7. The Balaban J connectivity index is 1.45. The van der Waals surface area contributed by atoms with E-state index in [1.54, 1.807) is 7.11 Å². The Morgan fingerprint density at radius 1 is 1.19 bits per heavy atom. The molecule has 26 heavy (non-hydrogen) atoms. The lowest BCUT2D eigenvalue weighted by Gasteiger charge is -2.33. The summed E-state index contributed by atoms with van der Waals surface area (Å²) in [5.41, 5.74) is 2.08. The third-order valence-corrected chi connectivity index (χ3v) is 5.14. The van der Waals surface area contributed by atoms with E-state index in [2.05, 4.69) is 12.1 Å². The van der Waals surface area contributed by atoms with E-state index >= 15 is 0 Å². The molecule has 4 heteroatoms. The monoisotopic (exact) mass is 349 g/mol. The lowest BCUT2D eigenvalue weighted by molar-refractivity contribution is -0.131. The number of likely N-dealkylation sites (tertiary alicyclic amines) is 1. The van der Waals surface area contributed by atoms with E-state index in [1.807, 2.05) is 47.4 Å². The van der Waals surface area contributed by atoms with E-state index in [9.17, 15) is 4.79 Å². The molecule has 134 valence electrons. The molecule has 1 fully saturated rings. The van der Waals surface area contributed by atoms with Crippen molar-refractivity contribution >= 4 is 16.9 Å². The van der Waals surface area contributed by atoms with Gasteiger partial charge in [0.25, 0.3) is 0 Å². The zero-order valence-corrected chi connectivity index (χ0v) is 15.0. The number of benzene rings is 2. The van der Waals surface area contributed by atoms with Crippen LogP contribution in [0.1, 0.15) is 30.1 Å². The number of carbonyl (C=O) groups excluding carboxylic acids is 1. The molecule has 1 atom stereocenters. The molecule has 2 aromatic carbocycles. The molecule has 0 radical (unpaired) electrons. The van der Waals surface area contributed by atoms with Gasteiger partial charge in [-0.3, -0.25) is 4.79 Å². The Kier molecular flexibility index (Phi) is 4.65. The number of piperidine rings is 1. The van der Waals surface area contributed by atoms with Crippen LogP contribution in [0.3, 0.4) is 0 Å². The van der Waals surface area contributed by atoms with Gasteiger partial charge in [-0.15, -0.1) is 0 Å². The van der Waals surface area contributed by atoms with Crippen LogP contribution in [0.4, 0.5) is 0 Å². The van der Waals surface area contributed by atoms with Crippen LogP contribution in [0.5, 0.6) is 5.75 Å². The van der Waals surface area contributed by atoms with Crippen molar-refractivity contribution in [2.45, 2.75) is 25.2 Å². The number of fused-ring (bicyclic) bond motifs is 1. The summed E-state index contributed by atoms with van der Waals surface area (Å²) < 4.78 is 11.1. The summed E-state index contributed by atoms with van der Waals surface area (Å²) in [5, 5.41) is 1.04. The van der Waals surface area contributed by atoms with E-state index in [-0.39, 0.29) is 5.91 Å². The SMILES string of the molecule is COc1cccc(C2CCCN(C(=O)Cc3cc4ccccc4o3)C2)c1. The van der Waals surface area contributed by atoms with Crippen molar-refractivity contribution in [3.05, 3.63) is 65.9 Å². The van der Waals surface area contributed by atoms with Crippen molar-refractivity contribution in [1.29, 1.82) is 0 Å². The van der Waals surface area contributed by atoms with Gasteiger partial charge in [-0.25, -0.2) is 0 Å². The molecule has 0 N–H and O–H groups in total. The van der Waals surface area contributed by atoms with Crippen molar-refractivity contribution in [1.82, 2.24) is 4.90 Å². The largest absolute Gasteiger partial charge is 0.497 e. The van der Waals surface area contributed by atoms with Crippen LogP contribution < -0.4 is 4.74 Å². The van der Waals surface area contributed by atoms with Gasteiger partial charge in [0, 0.05) is 24.4 Å². The highest BCUT2D eigenvalue weighted by Gasteiger charge is 2.25.